The van der Waals surface area contributed by atoms with Crippen molar-refractivity contribution in [3.63, 3.8) is 0 Å². The van der Waals surface area contributed by atoms with E-state index in [1.165, 1.54) is 39.8 Å². The maximum Gasteiger partial charge on any atom is 0.254 e. The van der Waals surface area contributed by atoms with Crippen LogP contribution in [0.1, 0.15) is 32.8 Å². The minimum atomic E-state index is -0.753. The fourth-order valence-corrected chi connectivity index (χ4v) is 5.46. The standard InChI is InChI=1S/C25H25ClN2O6S/c1-28-23(21-7-6-8-35-21)22(13-9-19(33-4)20(34-5)10-14(13)25(28)30)24(29)27-16-11-15(26)17(31-2)12-18(16)32-3/h6-12,22-23H,1-5H3,(H,27,29)/t22-,23-/m0/s1. The molecular weight excluding hydrogens is 492 g/mol. The number of carbonyl (C=O) groups excluding carboxylic acids is 2. The van der Waals surface area contributed by atoms with E-state index < -0.39 is 12.0 Å². The molecule has 184 valence electrons. The average Bonchev–Trinajstić information content (AvgIpc) is 3.39. The van der Waals surface area contributed by atoms with Crippen LogP contribution in [-0.4, -0.2) is 52.2 Å². The number of benzene rings is 2. The van der Waals surface area contributed by atoms with Crippen LogP contribution >= 0.6 is 22.9 Å². The summed E-state index contributed by atoms with van der Waals surface area (Å²) in [5.41, 5.74) is 1.30. The Balaban J connectivity index is 1.86. The number of anilines is 1. The van der Waals surface area contributed by atoms with E-state index in [0.717, 1.165) is 4.88 Å². The van der Waals surface area contributed by atoms with E-state index in [2.05, 4.69) is 5.32 Å². The largest absolute Gasteiger partial charge is 0.495 e. The first kappa shape index (κ1) is 24.7. The zero-order chi connectivity index (χ0) is 25.3. The van der Waals surface area contributed by atoms with Crippen molar-refractivity contribution in [2.24, 2.45) is 0 Å². The van der Waals surface area contributed by atoms with Crippen LogP contribution in [0.25, 0.3) is 0 Å². The second-order valence-electron chi connectivity index (χ2n) is 7.82. The van der Waals surface area contributed by atoms with Crippen molar-refractivity contribution in [2.75, 3.05) is 40.8 Å². The summed E-state index contributed by atoms with van der Waals surface area (Å²) in [7, 11) is 7.69. The number of likely N-dealkylation sites (N-methyl/N-ethyl adjacent to an activating group) is 1. The number of amides is 2. The lowest BCUT2D eigenvalue weighted by molar-refractivity contribution is -0.119. The van der Waals surface area contributed by atoms with E-state index in [9.17, 15) is 9.59 Å². The van der Waals surface area contributed by atoms with E-state index in [4.69, 9.17) is 30.5 Å². The molecule has 1 aliphatic rings. The van der Waals surface area contributed by atoms with Crippen LogP contribution in [0.3, 0.4) is 0 Å². The van der Waals surface area contributed by atoms with Gasteiger partial charge in [-0.2, -0.15) is 0 Å². The van der Waals surface area contributed by atoms with Crippen molar-refractivity contribution in [1.29, 1.82) is 0 Å². The van der Waals surface area contributed by atoms with Crippen LogP contribution in [0.2, 0.25) is 5.02 Å². The smallest absolute Gasteiger partial charge is 0.254 e. The Morgan fingerprint density at radius 3 is 2.23 bits per heavy atom. The zero-order valence-corrected chi connectivity index (χ0v) is 21.5. The lowest BCUT2D eigenvalue weighted by Gasteiger charge is -2.39. The van der Waals surface area contributed by atoms with Crippen molar-refractivity contribution in [1.82, 2.24) is 4.90 Å². The number of hydrogen-bond acceptors (Lipinski definition) is 7. The lowest BCUT2D eigenvalue weighted by atomic mass is 9.81. The third-order valence-electron chi connectivity index (χ3n) is 6.02. The molecule has 1 N–H and O–H groups in total. The van der Waals surface area contributed by atoms with Crippen molar-refractivity contribution in [3.8, 4) is 23.0 Å². The van der Waals surface area contributed by atoms with Gasteiger partial charge >= 0.3 is 0 Å². The van der Waals surface area contributed by atoms with Crippen LogP contribution in [0, 0.1) is 0 Å². The predicted octanol–water partition coefficient (Wildman–Crippen LogP) is 4.99. The number of methoxy groups -OCH3 is 4. The molecule has 3 aromatic rings. The van der Waals surface area contributed by atoms with Gasteiger partial charge < -0.3 is 29.2 Å². The Labute approximate surface area is 212 Å². The van der Waals surface area contributed by atoms with Crippen molar-refractivity contribution in [3.05, 3.63) is 62.8 Å². The molecule has 0 saturated carbocycles. The molecule has 0 unspecified atom stereocenters. The number of ether oxygens (including phenoxy) is 4. The summed E-state index contributed by atoms with van der Waals surface area (Å²) in [4.78, 5) is 29.8. The van der Waals surface area contributed by atoms with Gasteiger partial charge in [0.25, 0.3) is 5.91 Å². The first-order chi connectivity index (χ1) is 16.8. The summed E-state index contributed by atoms with van der Waals surface area (Å²) in [6.07, 6.45) is 0. The molecule has 8 nitrogen and oxygen atoms in total. The number of nitrogens with one attached hydrogen (secondary N) is 1. The third kappa shape index (κ3) is 4.37. The molecule has 2 aromatic carbocycles. The fraction of sp³-hybridized carbons (Fsp3) is 0.280. The van der Waals surface area contributed by atoms with Crippen LogP contribution < -0.4 is 24.3 Å². The van der Waals surface area contributed by atoms with Gasteiger partial charge in [0.1, 0.15) is 11.5 Å². The highest BCUT2D eigenvalue weighted by Gasteiger charge is 2.44. The molecule has 0 fully saturated rings. The molecule has 35 heavy (non-hydrogen) atoms. The summed E-state index contributed by atoms with van der Waals surface area (Å²) in [5.74, 6) is 0.339. The number of rotatable bonds is 7. The summed E-state index contributed by atoms with van der Waals surface area (Å²) < 4.78 is 21.6. The molecule has 2 heterocycles. The molecule has 0 radical (unpaired) electrons. The van der Waals surface area contributed by atoms with Gasteiger partial charge in [0, 0.05) is 23.6 Å². The predicted molar refractivity (Wildman–Crippen MR) is 135 cm³/mol. The van der Waals surface area contributed by atoms with Crippen LogP contribution in [0.5, 0.6) is 23.0 Å². The van der Waals surface area contributed by atoms with E-state index >= 15 is 0 Å². The van der Waals surface area contributed by atoms with Crippen molar-refractivity contribution in [2.45, 2.75) is 12.0 Å². The van der Waals surface area contributed by atoms with Gasteiger partial charge in [0.05, 0.1) is 51.1 Å². The molecule has 0 saturated heterocycles. The molecule has 1 aromatic heterocycles. The number of hydrogen-bond donors (Lipinski definition) is 1. The summed E-state index contributed by atoms with van der Waals surface area (Å²) in [6.45, 7) is 0. The Hall–Kier alpha value is -3.43. The van der Waals surface area contributed by atoms with Gasteiger partial charge in [0.15, 0.2) is 11.5 Å². The number of fused-ring (bicyclic) bond motifs is 1. The SMILES string of the molecule is COc1cc(OC)c(NC(=O)[C@H]2c3cc(OC)c(OC)cc3C(=O)N(C)[C@H]2c2cccs2)cc1Cl. The van der Waals surface area contributed by atoms with Gasteiger partial charge in [-0.05, 0) is 35.2 Å². The molecule has 1 aliphatic heterocycles. The molecule has 0 aliphatic carbocycles. The fourth-order valence-electron chi connectivity index (χ4n) is 4.31. The van der Waals surface area contributed by atoms with E-state index in [1.807, 2.05) is 17.5 Å². The average molecular weight is 517 g/mol. The first-order valence-electron chi connectivity index (χ1n) is 10.6. The first-order valence-corrected chi connectivity index (χ1v) is 11.9. The van der Waals surface area contributed by atoms with Gasteiger partial charge in [-0.25, -0.2) is 0 Å². The van der Waals surface area contributed by atoms with E-state index in [-0.39, 0.29) is 11.8 Å². The van der Waals surface area contributed by atoms with Crippen LogP contribution in [0.4, 0.5) is 5.69 Å². The highest BCUT2D eigenvalue weighted by atomic mass is 35.5. The molecule has 10 heteroatoms. The molecule has 0 spiro atoms. The highest BCUT2D eigenvalue weighted by molar-refractivity contribution is 7.10. The Morgan fingerprint density at radius 2 is 1.63 bits per heavy atom. The third-order valence-corrected chi connectivity index (χ3v) is 7.26. The molecule has 0 bridgehead atoms. The normalized spacial score (nSPS) is 17.0. The summed E-state index contributed by atoms with van der Waals surface area (Å²) >= 11 is 7.80. The molecular formula is C25H25ClN2O6S. The maximum atomic E-state index is 13.9. The number of halogens is 1. The lowest BCUT2D eigenvalue weighted by Crippen LogP contribution is -2.43. The Bertz CT molecular complexity index is 1260. The number of thiophene rings is 1. The van der Waals surface area contributed by atoms with Gasteiger partial charge in [-0.15, -0.1) is 11.3 Å². The second-order valence-corrected chi connectivity index (χ2v) is 9.21. The number of nitrogens with zero attached hydrogens (tertiary/aromatic N) is 1. The van der Waals surface area contributed by atoms with Crippen molar-refractivity contribution >= 4 is 40.4 Å². The maximum absolute atomic E-state index is 13.9. The van der Waals surface area contributed by atoms with Crippen LogP contribution in [-0.2, 0) is 4.79 Å². The molecule has 2 atom stereocenters. The Kier molecular flexibility index (Phi) is 7.09. The van der Waals surface area contributed by atoms with Gasteiger partial charge in [-0.1, -0.05) is 17.7 Å². The van der Waals surface area contributed by atoms with E-state index in [0.29, 0.717) is 44.8 Å². The molecule has 4 rings (SSSR count). The highest BCUT2D eigenvalue weighted by Crippen LogP contribution is 2.47. The van der Waals surface area contributed by atoms with Gasteiger partial charge in [0.2, 0.25) is 5.91 Å². The Morgan fingerprint density at radius 1 is 0.971 bits per heavy atom. The van der Waals surface area contributed by atoms with Crippen LogP contribution in [0.15, 0.2) is 41.8 Å². The monoisotopic (exact) mass is 516 g/mol. The topological polar surface area (TPSA) is 86.3 Å². The number of carbonyl (C=O) groups is 2. The molecule has 2 amide bonds. The summed E-state index contributed by atoms with van der Waals surface area (Å²) in [6, 6.07) is 9.76. The minimum Gasteiger partial charge on any atom is -0.495 e. The van der Waals surface area contributed by atoms with E-state index in [1.54, 1.807) is 36.2 Å². The van der Waals surface area contributed by atoms with Gasteiger partial charge in [-0.3, -0.25) is 9.59 Å². The zero-order valence-electron chi connectivity index (χ0n) is 19.9. The summed E-state index contributed by atoms with van der Waals surface area (Å²) in [5, 5.41) is 5.18. The minimum absolute atomic E-state index is 0.214. The van der Waals surface area contributed by atoms with Crippen molar-refractivity contribution < 1.29 is 28.5 Å². The quantitative estimate of drug-likeness (QED) is 0.476. The second kappa shape index (κ2) is 10.1.